The van der Waals surface area contributed by atoms with Crippen LogP contribution in [0.3, 0.4) is 0 Å². The number of nitrogens with zero attached hydrogens (tertiary/aromatic N) is 2. The lowest BCUT2D eigenvalue weighted by molar-refractivity contribution is 0.0637. The van der Waals surface area contributed by atoms with Crippen LogP contribution in [0.2, 0.25) is 10.0 Å². The first-order chi connectivity index (χ1) is 10.6. The van der Waals surface area contributed by atoms with Crippen molar-refractivity contribution >= 4 is 23.2 Å². The standard InChI is InChI=1S/C15H17Cl2N3O2/c16-12-2-1-3-13(17)15(12)22-9-11(21)8-20-5-4-14-10(7-20)6-18-19-14/h1-3,6,11,21H,4-5,7-9H2,(H,18,19). The number of aliphatic hydroxyl groups excluding tert-OH is 1. The number of halogens is 2. The molecule has 1 aliphatic heterocycles. The van der Waals surface area contributed by atoms with Crippen LogP contribution in [0.1, 0.15) is 11.3 Å². The summed E-state index contributed by atoms with van der Waals surface area (Å²) in [5, 5.41) is 18.1. The van der Waals surface area contributed by atoms with E-state index in [1.54, 1.807) is 18.2 Å². The van der Waals surface area contributed by atoms with Crippen molar-refractivity contribution in [2.24, 2.45) is 0 Å². The van der Waals surface area contributed by atoms with Crippen LogP contribution in [-0.2, 0) is 13.0 Å². The Balaban J connectivity index is 1.52. The van der Waals surface area contributed by atoms with Gasteiger partial charge in [-0.3, -0.25) is 10.00 Å². The van der Waals surface area contributed by atoms with Crippen LogP contribution >= 0.6 is 23.2 Å². The number of ether oxygens (including phenoxy) is 1. The predicted molar refractivity (Wildman–Crippen MR) is 85.5 cm³/mol. The van der Waals surface area contributed by atoms with E-state index < -0.39 is 6.10 Å². The second kappa shape index (κ2) is 6.87. The number of rotatable bonds is 5. The Bertz CT molecular complexity index is 627. The summed E-state index contributed by atoms with van der Waals surface area (Å²) >= 11 is 12.1. The third-order valence-electron chi connectivity index (χ3n) is 3.69. The van der Waals surface area contributed by atoms with E-state index in [0.29, 0.717) is 22.3 Å². The first kappa shape index (κ1) is 15.6. The highest BCUT2D eigenvalue weighted by Crippen LogP contribution is 2.32. The molecule has 1 atom stereocenters. The molecule has 0 aliphatic carbocycles. The van der Waals surface area contributed by atoms with Gasteiger partial charge in [0.15, 0.2) is 5.75 Å². The summed E-state index contributed by atoms with van der Waals surface area (Å²) in [6.45, 7) is 2.36. The van der Waals surface area contributed by atoms with Crippen molar-refractivity contribution in [3.8, 4) is 5.75 Å². The van der Waals surface area contributed by atoms with Crippen LogP contribution in [0.4, 0.5) is 0 Å². The van der Waals surface area contributed by atoms with Crippen molar-refractivity contribution in [2.45, 2.75) is 19.1 Å². The lowest BCUT2D eigenvalue weighted by Crippen LogP contribution is -2.38. The third-order valence-corrected chi connectivity index (χ3v) is 4.28. The molecular formula is C15H17Cl2N3O2. The fraction of sp³-hybridized carbons (Fsp3) is 0.400. The molecular weight excluding hydrogens is 325 g/mol. The van der Waals surface area contributed by atoms with Gasteiger partial charge in [0.05, 0.1) is 16.2 Å². The molecule has 5 nitrogen and oxygen atoms in total. The number of benzene rings is 1. The Morgan fingerprint density at radius 3 is 2.91 bits per heavy atom. The number of H-pyrrole nitrogens is 1. The molecule has 0 fully saturated rings. The van der Waals surface area contributed by atoms with Crippen molar-refractivity contribution in [3.05, 3.63) is 45.7 Å². The third kappa shape index (κ3) is 3.55. The summed E-state index contributed by atoms with van der Waals surface area (Å²) in [6.07, 6.45) is 2.15. The highest BCUT2D eigenvalue weighted by atomic mass is 35.5. The minimum absolute atomic E-state index is 0.151. The van der Waals surface area contributed by atoms with E-state index in [1.807, 2.05) is 6.20 Å². The number of aromatic nitrogens is 2. The van der Waals surface area contributed by atoms with E-state index in [2.05, 4.69) is 15.1 Å². The minimum Gasteiger partial charge on any atom is -0.488 e. The second-order valence-electron chi connectivity index (χ2n) is 5.37. The molecule has 1 aliphatic rings. The van der Waals surface area contributed by atoms with Crippen LogP contribution in [-0.4, -0.2) is 46.0 Å². The fourth-order valence-corrected chi connectivity index (χ4v) is 3.09. The number of fused-ring (bicyclic) bond motifs is 1. The smallest absolute Gasteiger partial charge is 0.156 e. The first-order valence-corrected chi connectivity index (χ1v) is 7.87. The van der Waals surface area contributed by atoms with Gasteiger partial charge in [0.1, 0.15) is 12.7 Å². The summed E-state index contributed by atoms with van der Waals surface area (Å²) < 4.78 is 5.57. The van der Waals surface area contributed by atoms with Gasteiger partial charge in [-0.15, -0.1) is 0 Å². The molecule has 1 aromatic carbocycles. The number of aliphatic hydroxyl groups is 1. The maximum atomic E-state index is 10.2. The van der Waals surface area contributed by atoms with Crippen LogP contribution < -0.4 is 4.74 Å². The van der Waals surface area contributed by atoms with Gasteiger partial charge in [0.2, 0.25) is 0 Å². The molecule has 2 N–H and O–H groups in total. The van der Waals surface area contributed by atoms with Crippen molar-refractivity contribution in [2.75, 3.05) is 19.7 Å². The Hall–Kier alpha value is -1.27. The van der Waals surface area contributed by atoms with Gasteiger partial charge < -0.3 is 9.84 Å². The molecule has 0 radical (unpaired) electrons. The number of hydrogen-bond acceptors (Lipinski definition) is 4. The molecule has 0 saturated heterocycles. The molecule has 0 saturated carbocycles. The quantitative estimate of drug-likeness (QED) is 0.877. The molecule has 3 rings (SSSR count). The summed E-state index contributed by atoms with van der Waals surface area (Å²) in [4.78, 5) is 2.18. The van der Waals surface area contributed by atoms with Gasteiger partial charge in [-0.1, -0.05) is 29.3 Å². The van der Waals surface area contributed by atoms with Crippen molar-refractivity contribution in [3.63, 3.8) is 0 Å². The maximum Gasteiger partial charge on any atom is 0.156 e. The molecule has 118 valence electrons. The molecule has 7 heteroatoms. The molecule has 0 spiro atoms. The Labute approximate surface area is 138 Å². The molecule has 0 amide bonds. The number of nitrogens with one attached hydrogen (secondary N) is 1. The van der Waals surface area contributed by atoms with E-state index in [-0.39, 0.29) is 6.61 Å². The van der Waals surface area contributed by atoms with E-state index in [4.69, 9.17) is 27.9 Å². The lowest BCUT2D eigenvalue weighted by Gasteiger charge is -2.28. The zero-order valence-corrected chi connectivity index (χ0v) is 13.4. The van der Waals surface area contributed by atoms with Gasteiger partial charge in [-0.25, -0.2) is 0 Å². The van der Waals surface area contributed by atoms with E-state index in [0.717, 1.165) is 19.5 Å². The van der Waals surface area contributed by atoms with E-state index >= 15 is 0 Å². The minimum atomic E-state index is -0.610. The number of β-amino-alcohol motifs (C(OH)–C–C–N with tert-alkyl or cyclic N) is 1. The SMILES string of the molecule is OC(COc1c(Cl)cccc1Cl)CN1CCc2[nH]ncc2C1. The molecule has 0 bridgehead atoms. The number of aromatic amines is 1. The maximum absolute atomic E-state index is 10.2. The normalized spacial score (nSPS) is 16.3. The van der Waals surface area contributed by atoms with Gasteiger partial charge in [0, 0.05) is 37.3 Å². The molecule has 2 aromatic rings. The largest absolute Gasteiger partial charge is 0.488 e. The zero-order chi connectivity index (χ0) is 15.5. The monoisotopic (exact) mass is 341 g/mol. The van der Waals surface area contributed by atoms with Gasteiger partial charge >= 0.3 is 0 Å². The van der Waals surface area contributed by atoms with Crippen LogP contribution in [0.15, 0.2) is 24.4 Å². The second-order valence-corrected chi connectivity index (χ2v) is 6.19. The average Bonchev–Trinajstić information content (AvgIpc) is 2.94. The first-order valence-electron chi connectivity index (χ1n) is 7.12. The number of para-hydroxylation sites is 1. The Morgan fingerprint density at radius 2 is 2.14 bits per heavy atom. The topological polar surface area (TPSA) is 61.4 Å². The van der Waals surface area contributed by atoms with Gasteiger partial charge in [-0.05, 0) is 12.1 Å². The van der Waals surface area contributed by atoms with Crippen molar-refractivity contribution in [1.82, 2.24) is 15.1 Å². The van der Waals surface area contributed by atoms with Crippen molar-refractivity contribution in [1.29, 1.82) is 0 Å². The summed E-state index contributed by atoms with van der Waals surface area (Å²) in [5.41, 5.74) is 2.37. The average molecular weight is 342 g/mol. The van der Waals surface area contributed by atoms with Crippen LogP contribution in [0.5, 0.6) is 5.75 Å². The molecule has 22 heavy (non-hydrogen) atoms. The lowest BCUT2D eigenvalue weighted by atomic mass is 10.1. The predicted octanol–water partition coefficient (Wildman–Crippen LogP) is 2.51. The summed E-state index contributed by atoms with van der Waals surface area (Å²) in [7, 11) is 0. The van der Waals surface area contributed by atoms with Crippen molar-refractivity contribution < 1.29 is 9.84 Å². The molecule has 1 unspecified atom stereocenters. The zero-order valence-electron chi connectivity index (χ0n) is 11.9. The van der Waals surface area contributed by atoms with Gasteiger partial charge in [0.25, 0.3) is 0 Å². The Morgan fingerprint density at radius 1 is 1.36 bits per heavy atom. The number of hydrogen-bond donors (Lipinski definition) is 2. The highest BCUT2D eigenvalue weighted by molar-refractivity contribution is 6.37. The molecule has 2 heterocycles. The fourth-order valence-electron chi connectivity index (χ4n) is 2.59. The van der Waals surface area contributed by atoms with Crippen LogP contribution in [0, 0.1) is 0 Å². The highest BCUT2D eigenvalue weighted by Gasteiger charge is 2.20. The summed E-state index contributed by atoms with van der Waals surface area (Å²) in [5.74, 6) is 0.417. The summed E-state index contributed by atoms with van der Waals surface area (Å²) in [6, 6.07) is 5.17. The van der Waals surface area contributed by atoms with Crippen LogP contribution in [0.25, 0.3) is 0 Å². The van der Waals surface area contributed by atoms with E-state index in [9.17, 15) is 5.11 Å². The molecule has 1 aromatic heterocycles. The van der Waals surface area contributed by atoms with E-state index in [1.165, 1.54) is 11.3 Å². The Kier molecular flexibility index (Phi) is 4.88. The van der Waals surface area contributed by atoms with Gasteiger partial charge in [-0.2, -0.15) is 5.10 Å².